The minimum atomic E-state index is -0.185. The SMILES string of the molecule is COc1ccc(OC)c(/C=c2\sc3nnc(-c4ccc(Cl)cc4)n3c2=O)c1. The van der Waals surface area contributed by atoms with Gasteiger partial charge in [0, 0.05) is 16.1 Å². The van der Waals surface area contributed by atoms with Crippen LogP contribution >= 0.6 is 22.9 Å². The number of fused-ring (bicyclic) bond motifs is 1. The van der Waals surface area contributed by atoms with Crippen LogP contribution in [-0.4, -0.2) is 28.8 Å². The number of hydrogen-bond donors (Lipinski definition) is 0. The molecule has 0 bridgehead atoms. The molecule has 0 atom stereocenters. The smallest absolute Gasteiger partial charge is 0.276 e. The van der Waals surface area contributed by atoms with E-state index in [0.717, 1.165) is 11.1 Å². The molecular formula is C19H14ClN3O3S. The molecular weight excluding hydrogens is 386 g/mol. The lowest BCUT2D eigenvalue weighted by Gasteiger charge is -2.06. The van der Waals surface area contributed by atoms with Crippen LogP contribution in [0.3, 0.4) is 0 Å². The van der Waals surface area contributed by atoms with Gasteiger partial charge < -0.3 is 9.47 Å². The monoisotopic (exact) mass is 399 g/mol. The second-order valence-electron chi connectivity index (χ2n) is 5.67. The average Bonchev–Trinajstić information content (AvgIpc) is 3.23. The molecule has 136 valence electrons. The maximum absolute atomic E-state index is 13.0. The van der Waals surface area contributed by atoms with Crippen LogP contribution in [-0.2, 0) is 0 Å². The summed E-state index contributed by atoms with van der Waals surface area (Å²) < 4.78 is 12.7. The van der Waals surface area contributed by atoms with E-state index in [1.54, 1.807) is 44.6 Å². The molecule has 0 saturated carbocycles. The van der Waals surface area contributed by atoms with Crippen LogP contribution in [0.5, 0.6) is 11.5 Å². The van der Waals surface area contributed by atoms with Crippen LogP contribution in [0.15, 0.2) is 47.3 Å². The molecule has 2 aromatic heterocycles. The fourth-order valence-corrected chi connectivity index (χ4v) is 3.77. The molecule has 4 rings (SSSR count). The molecule has 0 amide bonds. The zero-order chi connectivity index (χ0) is 19.0. The van der Waals surface area contributed by atoms with Crippen molar-refractivity contribution in [3.63, 3.8) is 0 Å². The first-order chi connectivity index (χ1) is 13.1. The zero-order valence-corrected chi connectivity index (χ0v) is 16.0. The Morgan fingerprint density at radius 3 is 2.56 bits per heavy atom. The number of benzene rings is 2. The number of methoxy groups -OCH3 is 2. The summed E-state index contributed by atoms with van der Waals surface area (Å²) >= 11 is 7.21. The van der Waals surface area contributed by atoms with Crippen LogP contribution in [0.1, 0.15) is 5.56 Å². The summed E-state index contributed by atoms with van der Waals surface area (Å²) in [6.07, 6.45) is 1.77. The van der Waals surface area contributed by atoms with E-state index in [-0.39, 0.29) is 5.56 Å². The second kappa shape index (κ2) is 7.02. The van der Waals surface area contributed by atoms with Crippen molar-refractivity contribution < 1.29 is 9.47 Å². The van der Waals surface area contributed by atoms with E-state index < -0.39 is 0 Å². The Labute approximate surface area is 163 Å². The Morgan fingerprint density at radius 1 is 1.07 bits per heavy atom. The summed E-state index contributed by atoms with van der Waals surface area (Å²) in [5.74, 6) is 1.82. The highest BCUT2D eigenvalue weighted by atomic mass is 35.5. The molecule has 0 saturated heterocycles. The van der Waals surface area contributed by atoms with Gasteiger partial charge in [-0.1, -0.05) is 22.9 Å². The molecule has 0 N–H and O–H groups in total. The van der Waals surface area contributed by atoms with Gasteiger partial charge in [0.1, 0.15) is 11.5 Å². The highest BCUT2D eigenvalue weighted by molar-refractivity contribution is 7.15. The molecule has 0 unspecified atom stereocenters. The summed E-state index contributed by atoms with van der Waals surface area (Å²) in [7, 11) is 3.18. The van der Waals surface area contributed by atoms with E-state index in [0.29, 0.717) is 31.8 Å². The predicted molar refractivity (Wildman–Crippen MR) is 106 cm³/mol. The fraction of sp³-hybridized carbons (Fsp3) is 0.105. The van der Waals surface area contributed by atoms with Crippen molar-refractivity contribution in [2.24, 2.45) is 0 Å². The first-order valence-corrected chi connectivity index (χ1v) is 9.18. The number of halogens is 1. The third kappa shape index (κ3) is 3.15. The van der Waals surface area contributed by atoms with Crippen LogP contribution in [0.25, 0.3) is 22.4 Å². The Bertz CT molecular complexity index is 1230. The van der Waals surface area contributed by atoms with Gasteiger partial charge in [-0.2, -0.15) is 0 Å². The van der Waals surface area contributed by atoms with E-state index in [1.165, 1.54) is 15.7 Å². The Hall–Kier alpha value is -2.90. The molecule has 0 spiro atoms. The van der Waals surface area contributed by atoms with Crippen molar-refractivity contribution in [3.8, 4) is 22.9 Å². The molecule has 0 aliphatic carbocycles. The molecule has 4 aromatic rings. The molecule has 0 aliphatic heterocycles. The number of rotatable bonds is 4. The number of ether oxygens (including phenoxy) is 2. The molecule has 8 heteroatoms. The summed E-state index contributed by atoms with van der Waals surface area (Å²) in [5, 5.41) is 8.90. The predicted octanol–water partition coefficient (Wildman–Crippen LogP) is 3.04. The standard InChI is InChI=1S/C19H14ClN3O3S/c1-25-14-7-8-15(26-2)12(9-14)10-16-18(24)23-17(21-22-19(23)27-16)11-3-5-13(20)6-4-11/h3-10H,1-2H3/b16-10-. The molecule has 0 fully saturated rings. The maximum atomic E-state index is 13.0. The third-order valence-corrected chi connectivity index (χ3v) is 5.29. The highest BCUT2D eigenvalue weighted by Crippen LogP contribution is 2.25. The number of nitrogens with zero attached hydrogens (tertiary/aromatic N) is 3. The molecule has 0 radical (unpaired) electrons. The number of hydrogen-bond acceptors (Lipinski definition) is 6. The van der Waals surface area contributed by atoms with Gasteiger partial charge >= 0.3 is 0 Å². The van der Waals surface area contributed by atoms with Crippen molar-refractivity contribution in [2.45, 2.75) is 0 Å². The lowest BCUT2D eigenvalue weighted by Crippen LogP contribution is -2.23. The first-order valence-electron chi connectivity index (χ1n) is 7.98. The van der Waals surface area contributed by atoms with Crippen LogP contribution in [0.2, 0.25) is 5.02 Å². The van der Waals surface area contributed by atoms with Gasteiger partial charge in [-0.3, -0.25) is 4.79 Å². The minimum absolute atomic E-state index is 0.185. The topological polar surface area (TPSA) is 65.7 Å². The molecule has 6 nitrogen and oxygen atoms in total. The van der Waals surface area contributed by atoms with Crippen molar-refractivity contribution in [1.29, 1.82) is 0 Å². The van der Waals surface area contributed by atoms with Crippen molar-refractivity contribution in [1.82, 2.24) is 14.6 Å². The summed E-state index contributed by atoms with van der Waals surface area (Å²) in [4.78, 5) is 13.5. The highest BCUT2D eigenvalue weighted by Gasteiger charge is 2.14. The zero-order valence-electron chi connectivity index (χ0n) is 14.5. The van der Waals surface area contributed by atoms with Gasteiger partial charge in [-0.05, 0) is 48.5 Å². The van der Waals surface area contributed by atoms with E-state index in [1.807, 2.05) is 18.2 Å². The van der Waals surface area contributed by atoms with Gasteiger partial charge in [0.15, 0.2) is 5.82 Å². The van der Waals surface area contributed by atoms with Gasteiger partial charge in [-0.25, -0.2) is 4.40 Å². The van der Waals surface area contributed by atoms with Gasteiger partial charge in [0.25, 0.3) is 5.56 Å². The number of aromatic nitrogens is 3. The van der Waals surface area contributed by atoms with E-state index in [4.69, 9.17) is 21.1 Å². The summed E-state index contributed by atoms with van der Waals surface area (Å²) in [6.45, 7) is 0. The average molecular weight is 400 g/mol. The van der Waals surface area contributed by atoms with Gasteiger partial charge in [-0.15, -0.1) is 10.2 Å². The van der Waals surface area contributed by atoms with Crippen LogP contribution in [0.4, 0.5) is 0 Å². The minimum Gasteiger partial charge on any atom is -0.497 e. The van der Waals surface area contributed by atoms with E-state index >= 15 is 0 Å². The van der Waals surface area contributed by atoms with Gasteiger partial charge in [0.2, 0.25) is 4.96 Å². The summed E-state index contributed by atoms with van der Waals surface area (Å²) in [6, 6.07) is 12.5. The molecule has 0 aliphatic rings. The van der Waals surface area contributed by atoms with E-state index in [9.17, 15) is 4.79 Å². The summed E-state index contributed by atoms with van der Waals surface area (Å²) in [5.41, 5.74) is 1.33. The van der Waals surface area contributed by atoms with Crippen LogP contribution < -0.4 is 19.6 Å². The number of thiazole rings is 1. The van der Waals surface area contributed by atoms with Crippen molar-refractivity contribution in [2.75, 3.05) is 14.2 Å². The lowest BCUT2D eigenvalue weighted by atomic mass is 10.2. The largest absolute Gasteiger partial charge is 0.497 e. The fourth-order valence-electron chi connectivity index (χ4n) is 2.74. The van der Waals surface area contributed by atoms with Crippen molar-refractivity contribution in [3.05, 3.63) is 67.9 Å². The first kappa shape index (κ1) is 17.5. The van der Waals surface area contributed by atoms with Crippen molar-refractivity contribution >= 4 is 34.0 Å². The normalized spacial score (nSPS) is 11.9. The lowest BCUT2D eigenvalue weighted by molar-refractivity contribution is 0.402. The Balaban J connectivity index is 1.90. The molecule has 2 heterocycles. The van der Waals surface area contributed by atoms with E-state index in [2.05, 4.69) is 10.2 Å². The molecule has 2 aromatic carbocycles. The Kier molecular flexibility index (Phi) is 4.55. The van der Waals surface area contributed by atoms with Crippen LogP contribution in [0, 0.1) is 0 Å². The molecule has 27 heavy (non-hydrogen) atoms. The third-order valence-electron chi connectivity index (χ3n) is 4.07. The second-order valence-corrected chi connectivity index (χ2v) is 7.12. The van der Waals surface area contributed by atoms with Gasteiger partial charge in [0.05, 0.1) is 18.8 Å². The maximum Gasteiger partial charge on any atom is 0.276 e. The quantitative estimate of drug-likeness (QED) is 0.527. The Morgan fingerprint density at radius 2 is 1.85 bits per heavy atom.